The molecule has 4 heterocycles. The Balaban J connectivity index is 1.68. The van der Waals surface area contributed by atoms with Crippen LogP contribution < -0.4 is 5.32 Å². The Morgan fingerprint density at radius 3 is 2.85 bits per heavy atom. The van der Waals surface area contributed by atoms with Crippen molar-refractivity contribution in [3.63, 3.8) is 0 Å². The summed E-state index contributed by atoms with van der Waals surface area (Å²) in [6.07, 6.45) is 6.17. The number of carbonyl (C=O) groups excluding carboxylic acids is 1. The van der Waals surface area contributed by atoms with Gasteiger partial charge in [0.15, 0.2) is 0 Å². The van der Waals surface area contributed by atoms with E-state index in [2.05, 4.69) is 26.9 Å². The van der Waals surface area contributed by atoms with Gasteiger partial charge < -0.3 is 9.72 Å². The zero-order valence-corrected chi connectivity index (χ0v) is 14.7. The summed E-state index contributed by atoms with van der Waals surface area (Å²) in [6, 6.07) is 16.2. The zero-order chi connectivity index (χ0) is 18.2. The van der Waals surface area contributed by atoms with Crippen molar-refractivity contribution in [1.29, 1.82) is 0 Å². The van der Waals surface area contributed by atoms with Crippen molar-refractivity contribution < 1.29 is 4.79 Å². The normalized spacial score (nSPS) is 16.7. The molecule has 1 amide bonds. The molecule has 1 aliphatic heterocycles. The van der Waals surface area contributed by atoms with Crippen molar-refractivity contribution in [1.82, 2.24) is 24.5 Å². The molecule has 0 unspecified atom stereocenters. The van der Waals surface area contributed by atoms with Gasteiger partial charge in [0.1, 0.15) is 5.65 Å². The molecule has 0 saturated carbocycles. The smallest absolute Gasteiger partial charge is 0.221 e. The molecule has 3 aromatic heterocycles. The molecule has 0 spiro atoms. The van der Waals surface area contributed by atoms with Gasteiger partial charge >= 0.3 is 0 Å². The Morgan fingerprint density at radius 1 is 1.07 bits per heavy atom. The number of pyridine rings is 1. The quantitative estimate of drug-likeness (QED) is 0.613. The first-order chi connectivity index (χ1) is 13.3. The molecule has 134 valence electrons. The molecule has 0 fully saturated rings. The van der Waals surface area contributed by atoms with E-state index < -0.39 is 0 Å². The molecule has 27 heavy (non-hydrogen) atoms. The van der Waals surface area contributed by atoms with Crippen molar-refractivity contribution in [2.75, 3.05) is 0 Å². The predicted molar refractivity (Wildman–Crippen MR) is 101 cm³/mol. The second-order valence-corrected chi connectivity index (χ2v) is 6.81. The highest BCUT2D eigenvalue weighted by Crippen LogP contribution is 2.35. The highest BCUT2D eigenvalue weighted by Gasteiger charge is 2.30. The van der Waals surface area contributed by atoms with E-state index in [0.29, 0.717) is 19.5 Å². The summed E-state index contributed by atoms with van der Waals surface area (Å²) in [5, 5.41) is 7.33. The fourth-order valence-electron chi connectivity index (χ4n) is 3.94. The largest absolute Gasteiger partial charge is 0.350 e. The first-order valence-electron chi connectivity index (χ1n) is 9.07. The third kappa shape index (κ3) is 2.79. The number of benzene rings is 1. The maximum atomic E-state index is 12.4. The van der Waals surface area contributed by atoms with E-state index in [9.17, 15) is 4.79 Å². The SMILES string of the molecule is O=C1C[C@@H](c2ccccc2Cn2cccn2)c2c(nc3ccccn23)CN1. The van der Waals surface area contributed by atoms with E-state index in [0.717, 1.165) is 28.2 Å². The monoisotopic (exact) mass is 357 g/mol. The summed E-state index contributed by atoms with van der Waals surface area (Å²) in [7, 11) is 0. The molecular formula is C21H19N5O. The van der Waals surface area contributed by atoms with E-state index in [1.807, 2.05) is 53.5 Å². The molecule has 1 aliphatic rings. The Bertz CT molecular complexity index is 1110. The van der Waals surface area contributed by atoms with Crippen LogP contribution in [0.5, 0.6) is 0 Å². The molecular weight excluding hydrogens is 338 g/mol. The maximum absolute atomic E-state index is 12.4. The number of imidazole rings is 1. The predicted octanol–water partition coefficient (Wildman–Crippen LogP) is 2.73. The van der Waals surface area contributed by atoms with Gasteiger partial charge in [0.25, 0.3) is 0 Å². The Hall–Kier alpha value is -3.41. The van der Waals surface area contributed by atoms with Crippen LogP contribution >= 0.6 is 0 Å². The molecule has 0 saturated heterocycles. The van der Waals surface area contributed by atoms with Crippen molar-refractivity contribution in [2.45, 2.75) is 25.4 Å². The molecule has 1 N–H and O–H groups in total. The van der Waals surface area contributed by atoms with Gasteiger partial charge in [-0.2, -0.15) is 5.10 Å². The van der Waals surface area contributed by atoms with Crippen molar-refractivity contribution in [3.05, 3.63) is 89.6 Å². The van der Waals surface area contributed by atoms with E-state index >= 15 is 0 Å². The van der Waals surface area contributed by atoms with Gasteiger partial charge in [0.2, 0.25) is 5.91 Å². The average Bonchev–Trinajstić information content (AvgIpc) is 3.29. The van der Waals surface area contributed by atoms with Crippen molar-refractivity contribution in [2.24, 2.45) is 0 Å². The second-order valence-electron chi connectivity index (χ2n) is 6.81. The van der Waals surface area contributed by atoms with Gasteiger partial charge in [-0.05, 0) is 29.3 Å². The van der Waals surface area contributed by atoms with Crippen LogP contribution in [-0.2, 0) is 17.9 Å². The number of nitrogens with one attached hydrogen (secondary N) is 1. The molecule has 1 aromatic carbocycles. The molecule has 0 radical (unpaired) electrons. The summed E-state index contributed by atoms with van der Waals surface area (Å²) in [5.41, 5.74) is 5.26. The summed E-state index contributed by atoms with van der Waals surface area (Å²) in [5.74, 6) is 0.00300. The Labute approximate surface area is 156 Å². The summed E-state index contributed by atoms with van der Waals surface area (Å²) in [4.78, 5) is 17.2. The van der Waals surface area contributed by atoms with E-state index in [1.165, 1.54) is 0 Å². The lowest BCUT2D eigenvalue weighted by atomic mass is 9.88. The number of amides is 1. The zero-order valence-electron chi connectivity index (χ0n) is 14.7. The highest BCUT2D eigenvalue weighted by molar-refractivity contribution is 5.78. The summed E-state index contributed by atoms with van der Waals surface area (Å²) in [6.45, 7) is 1.14. The number of hydrogen-bond donors (Lipinski definition) is 1. The second kappa shape index (κ2) is 6.39. The van der Waals surface area contributed by atoms with Crippen LogP contribution in [0.3, 0.4) is 0 Å². The third-order valence-corrected chi connectivity index (χ3v) is 5.14. The topological polar surface area (TPSA) is 64.2 Å². The van der Waals surface area contributed by atoms with Gasteiger partial charge in [0, 0.05) is 30.9 Å². The van der Waals surface area contributed by atoms with Gasteiger partial charge in [-0.1, -0.05) is 30.3 Å². The molecule has 1 atom stereocenters. The van der Waals surface area contributed by atoms with Crippen LogP contribution in [0.2, 0.25) is 0 Å². The summed E-state index contributed by atoms with van der Waals surface area (Å²) >= 11 is 0. The van der Waals surface area contributed by atoms with E-state index in [-0.39, 0.29) is 11.8 Å². The standard InChI is InChI=1S/C21H19N5O/c27-20-12-17(16-7-2-1-6-15(16)14-25-10-5-9-23-25)21-18(13-22-20)24-19-8-3-4-11-26(19)21/h1-11,17H,12-14H2,(H,22,27)/t17-/m0/s1. The van der Waals surface area contributed by atoms with Crippen LogP contribution in [0.15, 0.2) is 67.1 Å². The van der Waals surface area contributed by atoms with Gasteiger partial charge in [0.05, 0.1) is 24.5 Å². The fourth-order valence-corrected chi connectivity index (χ4v) is 3.94. The van der Waals surface area contributed by atoms with Crippen LogP contribution in [0.1, 0.15) is 34.9 Å². The van der Waals surface area contributed by atoms with Crippen molar-refractivity contribution >= 4 is 11.6 Å². The molecule has 6 nitrogen and oxygen atoms in total. The van der Waals surface area contributed by atoms with Crippen LogP contribution in [0.25, 0.3) is 5.65 Å². The number of aromatic nitrogens is 4. The highest BCUT2D eigenvalue weighted by atomic mass is 16.1. The Kier molecular flexibility index (Phi) is 3.74. The molecule has 6 heteroatoms. The van der Waals surface area contributed by atoms with Crippen LogP contribution in [0, 0.1) is 0 Å². The number of rotatable bonds is 3. The lowest BCUT2D eigenvalue weighted by Crippen LogP contribution is -2.22. The third-order valence-electron chi connectivity index (χ3n) is 5.14. The first kappa shape index (κ1) is 15.8. The lowest BCUT2D eigenvalue weighted by molar-refractivity contribution is -0.121. The lowest BCUT2D eigenvalue weighted by Gasteiger charge is -2.19. The number of fused-ring (bicyclic) bond motifs is 3. The van der Waals surface area contributed by atoms with Gasteiger partial charge in [-0.25, -0.2) is 4.98 Å². The Morgan fingerprint density at radius 2 is 1.96 bits per heavy atom. The van der Waals surface area contributed by atoms with E-state index in [4.69, 9.17) is 4.98 Å². The molecule has 0 bridgehead atoms. The maximum Gasteiger partial charge on any atom is 0.221 e. The fraction of sp³-hybridized carbons (Fsp3) is 0.190. The minimum atomic E-state index is -0.0494. The molecule has 5 rings (SSSR count). The minimum Gasteiger partial charge on any atom is -0.350 e. The van der Waals surface area contributed by atoms with Gasteiger partial charge in [-0.3, -0.25) is 9.48 Å². The summed E-state index contributed by atoms with van der Waals surface area (Å²) < 4.78 is 4.02. The first-order valence-corrected chi connectivity index (χ1v) is 9.07. The molecule has 4 aromatic rings. The van der Waals surface area contributed by atoms with Crippen LogP contribution in [0.4, 0.5) is 0 Å². The van der Waals surface area contributed by atoms with Crippen molar-refractivity contribution in [3.8, 4) is 0 Å². The van der Waals surface area contributed by atoms with E-state index in [1.54, 1.807) is 6.20 Å². The minimum absolute atomic E-state index is 0.0494. The molecule has 0 aliphatic carbocycles. The van der Waals surface area contributed by atoms with Gasteiger partial charge in [-0.15, -0.1) is 0 Å². The van der Waals surface area contributed by atoms with Crippen LogP contribution in [-0.4, -0.2) is 25.1 Å². The number of hydrogen-bond acceptors (Lipinski definition) is 3. The number of carbonyl (C=O) groups is 1. The number of nitrogens with zero attached hydrogens (tertiary/aromatic N) is 4. The average molecular weight is 357 g/mol.